The van der Waals surface area contributed by atoms with E-state index in [1.807, 2.05) is 60.9 Å². The van der Waals surface area contributed by atoms with E-state index in [0.717, 1.165) is 22.2 Å². The number of esters is 1. The van der Waals surface area contributed by atoms with Crippen LogP contribution in [0, 0.1) is 0 Å². The standard InChI is InChI=1S/C19H18N2O3S/c1-23-16-10-8-14(9-11-16)13-24-18(22)17-12-20-19(25-2)21(17)15-6-4-3-5-7-15/h3-12H,13H2,1-2H3. The molecule has 0 unspecified atom stereocenters. The molecule has 0 fully saturated rings. The maximum absolute atomic E-state index is 12.5. The van der Waals surface area contributed by atoms with Crippen LogP contribution in [-0.2, 0) is 11.3 Å². The molecule has 3 rings (SSSR count). The number of benzene rings is 2. The number of carbonyl (C=O) groups is 1. The summed E-state index contributed by atoms with van der Waals surface area (Å²) in [6.45, 7) is 0.192. The van der Waals surface area contributed by atoms with E-state index in [2.05, 4.69) is 4.98 Å². The molecular weight excluding hydrogens is 336 g/mol. The van der Waals surface area contributed by atoms with Crippen molar-refractivity contribution in [3.8, 4) is 11.4 Å². The molecule has 0 aliphatic rings. The minimum absolute atomic E-state index is 0.192. The van der Waals surface area contributed by atoms with Crippen molar-refractivity contribution in [2.45, 2.75) is 11.8 Å². The highest BCUT2D eigenvalue weighted by Gasteiger charge is 2.18. The fourth-order valence-electron chi connectivity index (χ4n) is 2.39. The van der Waals surface area contributed by atoms with Crippen molar-refractivity contribution in [2.75, 3.05) is 13.4 Å². The second-order valence-electron chi connectivity index (χ2n) is 5.23. The smallest absolute Gasteiger partial charge is 0.357 e. The first kappa shape index (κ1) is 17.1. The van der Waals surface area contributed by atoms with Crippen molar-refractivity contribution < 1.29 is 14.3 Å². The van der Waals surface area contributed by atoms with E-state index < -0.39 is 5.97 Å². The van der Waals surface area contributed by atoms with Crippen LogP contribution in [0.15, 0.2) is 66.0 Å². The predicted octanol–water partition coefficient (Wildman–Crippen LogP) is 3.96. The number of carbonyl (C=O) groups excluding carboxylic acids is 1. The molecule has 0 amide bonds. The number of rotatable bonds is 6. The highest BCUT2D eigenvalue weighted by atomic mass is 32.2. The van der Waals surface area contributed by atoms with Gasteiger partial charge in [0, 0.05) is 5.69 Å². The normalized spacial score (nSPS) is 10.5. The van der Waals surface area contributed by atoms with E-state index in [9.17, 15) is 4.79 Å². The lowest BCUT2D eigenvalue weighted by molar-refractivity contribution is 0.0462. The van der Waals surface area contributed by atoms with Crippen molar-refractivity contribution in [1.29, 1.82) is 0 Å². The quantitative estimate of drug-likeness (QED) is 0.495. The van der Waals surface area contributed by atoms with Crippen LogP contribution < -0.4 is 4.74 Å². The molecule has 0 radical (unpaired) electrons. The summed E-state index contributed by atoms with van der Waals surface area (Å²) in [5.74, 6) is 0.356. The number of ether oxygens (including phenoxy) is 2. The van der Waals surface area contributed by atoms with Gasteiger partial charge < -0.3 is 9.47 Å². The summed E-state index contributed by atoms with van der Waals surface area (Å²) in [6, 6.07) is 17.1. The van der Waals surface area contributed by atoms with E-state index in [1.165, 1.54) is 11.8 Å². The Bertz CT molecular complexity index is 845. The lowest BCUT2D eigenvalue weighted by Crippen LogP contribution is -2.11. The number of thioether (sulfide) groups is 1. The molecular formula is C19H18N2O3S. The van der Waals surface area contributed by atoms with Crippen LogP contribution in [0.1, 0.15) is 16.1 Å². The number of imidazole rings is 1. The number of hydrogen-bond acceptors (Lipinski definition) is 5. The summed E-state index contributed by atoms with van der Waals surface area (Å²) in [5, 5.41) is 0.739. The Morgan fingerprint density at radius 1 is 1.12 bits per heavy atom. The van der Waals surface area contributed by atoms with Crippen LogP contribution in [-0.4, -0.2) is 28.9 Å². The average molecular weight is 354 g/mol. The third-order valence-electron chi connectivity index (χ3n) is 3.66. The summed E-state index contributed by atoms with van der Waals surface area (Å²) in [4.78, 5) is 16.9. The Labute approximate surface area is 150 Å². The largest absolute Gasteiger partial charge is 0.497 e. The predicted molar refractivity (Wildman–Crippen MR) is 97.5 cm³/mol. The van der Waals surface area contributed by atoms with Crippen LogP contribution in [0.4, 0.5) is 0 Å². The van der Waals surface area contributed by atoms with Crippen molar-refractivity contribution in [3.05, 3.63) is 72.1 Å². The summed E-state index contributed by atoms with van der Waals surface area (Å²) in [6.07, 6.45) is 3.48. The number of methoxy groups -OCH3 is 1. The van der Waals surface area contributed by atoms with Gasteiger partial charge in [-0.2, -0.15) is 0 Å². The molecule has 0 aliphatic carbocycles. The van der Waals surface area contributed by atoms with Gasteiger partial charge in [-0.05, 0) is 36.1 Å². The number of hydrogen-bond donors (Lipinski definition) is 0. The third kappa shape index (κ3) is 3.85. The topological polar surface area (TPSA) is 53.4 Å². The van der Waals surface area contributed by atoms with E-state index in [1.54, 1.807) is 17.9 Å². The first-order valence-corrected chi connectivity index (χ1v) is 8.92. The summed E-state index contributed by atoms with van der Waals surface area (Å²) in [5.41, 5.74) is 2.18. The fourth-order valence-corrected chi connectivity index (χ4v) is 2.94. The van der Waals surface area contributed by atoms with Gasteiger partial charge in [0.2, 0.25) is 0 Å². The molecule has 6 heteroatoms. The zero-order chi connectivity index (χ0) is 17.6. The molecule has 1 heterocycles. The van der Waals surface area contributed by atoms with Gasteiger partial charge in [0.1, 0.15) is 12.4 Å². The Morgan fingerprint density at radius 2 is 1.84 bits per heavy atom. The third-order valence-corrected chi connectivity index (χ3v) is 4.32. The molecule has 0 bridgehead atoms. The maximum atomic E-state index is 12.5. The number of nitrogens with zero attached hydrogens (tertiary/aromatic N) is 2. The van der Waals surface area contributed by atoms with E-state index in [-0.39, 0.29) is 6.61 Å². The van der Waals surface area contributed by atoms with Gasteiger partial charge in [-0.15, -0.1) is 0 Å². The monoisotopic (exact) mass is 354 g/mol. The number of aromatic nitrogens is 2. The zero-order valence-electron chi connectivity index (χ0n) is 14.0. The Morgan fingerprint density at radius 3 is 2.48 bits per heavy atom. The molecule has 2 aromatic carbocycles. The molecule has 3 aromatic rings. The van der Waals surface area contributed by atoms with Crippen molar-refractivity contribution in [3.63, 3.8) is 0 Å². The van der Waals surface area contributed by atoms with E-state index >= 15 is 0 Å². The molecule has 25 heavy (non-hydrogen) atoms. The minimum atomic E-state index is -0.410. The van der Waals surface area contributed by atoms with Gasteiger partial charge in [0.15, 0.2) is 10.9 Å². The lowest BCUT2D eigenvalue weighted by atomic mass is 10.2. The Kier molecular flexibility index (Phi) is 5.40. The van der Waals surface area contributed by atoms with Crippen molar-refractivity contribution >= 4 is 17.7 Å². The van der Waals surface area contributed by atoms with E-state index in [4.69, 9.17) is 9.47 Å². The lowest BCUT2D eigenvalue weighted by Gasteiger charge is -2.11. The molecule has 128 valence electrons. The zero-order valence-corrected chi connectivity index (χ0v) is 14.8. The Hall–Kier alpha value is -2.73. The summed E-state index contributed by atoms with van der Waals surface area (Å²) in [7, 11) is 1.61. The first-order chi connectivity index (χ1) is 12.2. The second-order valence-corrected chi connectivity index (χ2v) is 6.00. The molecule has 0 saturated carbocycles. The van der Waals surface area contributed by atoms with Crippen molar-refractivity contribution in [1.82, 2.24) is 9.55 Å². The average Bonchev–Trinajstić information content (AvgIpc) is 3.11. The molecule has 0 N–H and O–H groups in total. The van der Waals surface area contributed by atoms with Gasteiger partial charge in [-0.3, -0.25) is 4.57 Å². The van der Waals surface area contributed by atoms with Gasteiger partial charge >= 0.3 is 5.97 Å². The molecule has 0 atom stereocenters. The molecule has 0 saturated heterocycles. The van der Waals surface area contributed by atoms with Crippen LogP contribution in [0.3, 0.4) is 0 Å². The van der Waals surface area contributed by atoms with Crippen LogP contribution in [0.2, 0.25) is 0 Å². The molecule has 0 spiro atoms. The first-order valence-electron chi connectivity index (χ1n) is 7.70. The van der Waals surface area contributed by atoms with Gasteiger partial charge in [-0.25, -0.2) is 9.78 Å². The maximum Gasteiger partial charge on any atom is 0.357 e. The van der Waals surface area contributed by atoms with Crippen molar-refractivity contribution in [2.24, 2.45) is 0 Å². The SMILES string of the molecule is COc1ccc(COC(=O)c2cnc(SC)n2-c2ccccc2)cc1. The Balaban J connectivity index is 1.79. The second kappa shape index (κ2) is 7.90. The van der Waals surface area contributed by atoms with Gasteiger partial charge in [-0.1, -0.05) is 42.1 Å². The summed E-state index contributed by atoms with van der Waals surface area (Å²) < 4.78 is 12.4. The summed E-state index contributed by atoms with van der Waals surface area (Å²) >= 11 is 1.48. The number of para-hydroxylation sites is 1. The molecule has 0 aliphatic heterocycles. The van der Waals surface area contributed by atoms with E-state index in [0.29, 0.717) is 5.69 Å². The molecule has 5 nitrogen and oxygen atoms in total. The van der Waals surface area contributed by atoms with Crippen LogP contribution >= 0.6 is 11.8 Å². The fraction of sp³-hybridized carbons (Fsp3) is 0.158. The van der Waals surface area contributed by atoms with Gasteiger partial charge in [0.25, 0.3) is 0 Å². The van der Waals surface area contributed by atoms with Crippen LogP contribution in [0.5, 0.6) is 5.75 Å². The highest BCUT2D eigenvalue weighted by Crippen LogP contribution is 2.22. The molecule has 1 aromatic heterocycles. The van der Waals surface area contributed by atoms with Gasteiger partial charge in [0.05, 0.1) is 13.3 Å². The highest BCUT2D eigenvalue weighted by molar-refractivity contribution is 7.98. The van der Waals surface area contributed by atoms with Crippen LogP contribution in [0.25, 0.3) is 5.69 Å². The minimum Gasteiger partial charge on any atom is -0.497 e.